The molecule has 0 aliphatic carbocycles. The van der Waals surface area contributed by atoms with Gasteiger partial charge in [-0.15, -0.1) is 0 Å². The van der Waals surface area contributed by atoms with Crippen molar-refractivity contribution in [3.63, 3.8) is 0 Å². The van der Waals surface area contributed by atoms with E-state index < -0.39 is 14.9 Å². The van der Waals surface area contributed by atoms with Gasteiger partial charge in [-0.2, -0.15) is 0 Å². The zero-order valence-corrected chi connectivity index (χ0v) is 17.1. The fourth-order valence-electron chi connectivity index (χ4n) is 2.84. The highest BCUT2D eigenvalue weighted by molar-refractivity contribution is 7.89. The Bertz CT molecular complexity index is 1130. The second-order valence-electron chi connectivity index (χ2n) is 6.37. The van der Waals surface area contributed by atoms with Gasteiger partial charge in [0, 0.05) is 12.6 Å². The van der Waals surface area contributed by atoms with Crippen molar-refractivity contribution in [2.45, 2.75) is 18.0 Å². The van der Waals surface area contributed by atoms with Gasteiger partial charge in [-0.05, 0) is 42.4 Å². The van der Waals surface area contributed by atoms with Gasteiger partial charge < -0.3 is 10.1 Å². The van der Waals surface area contributed by atoms with Gasteiger partial charge in [-0.25, -0.2) is 13.1 Å². The molecule has 3 aromatic rings. The Labute approximate surface area is 174 Å². The standard InChI is InChI=1S/C21H21N3O5S/c1-22-30(27,28)19-11-12-20(21(13-19)24(25)26)23-14-16-7-5-6-8-17(16)15-29-18-9-3-2-4-10-18/h2-13,22-23H,14-15H2,1H3. The summed E-state index contributed by atoms with van der Waals surface area (Å²) in [6, 6.07) is 20.8. The van der Waals surface area contributed by atoms with Crippen molar-refractivity contribution >= 4 is 21.4 Å². The molecule has 0 saturated carbocycles. The lowest BCUT2D eigenvalue weighted by molar-refractivity contribution is -0.384. The molecule has 0 amide bonds. The quantitative estimate of drug-likeness (QED) is 0.398. The number of nitrogens with one attached hydrogen (secondary N) is 2. The molecule has 8 nitrogen and oxygen atoms in total. The topological polar surface area (TPSA) is 111 Å². The number of ether oxygens (including phenoxy) is 1. The molecule has 3 rings (SSSR count). The highest BCUT2D eigenvalue weighted by atomic mass is 32.2. The summed E-state index contributed by atoms with van der Waals surface area (Å²) >= 11 is 0. The van der Waals surface area contributed by atoms with Gasteiger partial charge in [-0.3, -0.25) is 10.1 Å². The zero-order chi connectivity index (χ0) is 21.6. The first-order chi connectivity index (χ1) is 14.4. The normalized spacial score (nSPS) is 11.1. The molecule has 0 unspecified atom stereocenters. The van der Waals surface area contributed by atoms with Crippen molar-refractivity contribution in [2.75, 3.05) is 12.4 Å². The summed E-state index contributed by atoms with van der Waals surface area (Å²) in [5.41, 5.74) is 1.76. The molecule has 9 heteroatoms. The Kier molecular flexibility index (Phi) is 6.65. The van der Waals surface area contributed by atoms with Crippen LogP contribution < -0.4 is 14.8 Å². The highest BCUT2D eigenvalue weighted by Crippen LogP contribution is 2.28. The number of nitro groups is 1. The number of hydrogen-bond acceptors (Lipinski definition) is 6. The molecule has 0 spiro atoms. The molecular weight excluding hydrogens is 406 g/mol. The molecule has 0 radical (unpaired) electrons. The van der Waals surface area contributed by atoms with Crippen LogP contribution in [0.5, 0.6) is 5.75 Å². The molecular formula is C21H21N3O5S. The number of anilines is 1. The van der Waals surface area contributed by atoms with Gasteiger partial charge in [0.15, 0.2) is 0 Å². The SMILES string of the molecule is CNS(=O)(=O)c1ccc(NCc2ccccc2COc2ccccc2)c([N+](=O)[O-])c1. The monoisotopic (exact) mass is 427 g/mol. The lowest BCUT2D eigenvalue weighted by atomic mass is 10.1. The predicted octanol–water partition coefficient (Wildman–Crippen LogP) is 3.69. The van der Waals surface area contributed by atoms with Gasteiger partial charge in [0.25, 0.3) is 5.69 Å². The third-order valence-corrected chi connectivity index (χ3v) is 5.88. The Hall–Kier alpha value is -3.43. The number of nitro benzene ring substituents is 1. The average molecular weight is 427 g/mol. The number of para-hydroxylation sites is 1. The third-order valence-electron chi connectivity index (χ3n) is 4.47. The number of hydrogen-bond donors (Lipinski definition) is 2. The van der Waals surface area contributed by atoms with E-state index in [1.165, 1.54) is 19.2 Å². The highest BCUT2D eigenvalue weighted by Gasteiger charge is 2.20. The van der Waals surface area contributed by atoms with Gasteiger partial charge in [-0.1, -0.05) is 42.5 Å². The maximum Gasteiger partial charge on any atom is 0.293 e. The summed E-state index contributed by atoms with van der Waals surface area (Å²) < 4.78 is 31.8. The lowest BCUT2D eigenvalue weighted by Gasteiger charge is -2.13. The van der Waals surface area contributed by atoms with Crippen LogP contribution in [0.15, 0.2) is 77.7 Å². The summed E-state index contributed by atoms with van der Waals surface area (Å²) in [7, 11) is -2.53. The smallest absolute Gasteiger partial charge is 0.293 e. The molecule has 0 aliphatic rings. The number of sulfonamides is 1. The van der Waals surface area contributed by atoms with Crippen molar-refractivity contribution in [3.05, 3.63) is 94.0 Å². The number of nitrogens with zero attached hydrogens (tertiary/aromatic N) is 1. The van der Waals surface area contributed by atoms with Crippen molar-refractivity contribution in [1.82, 2.24) is 4.72 Å². The summed E-state index contributed by atoms with van der Waals surface area (Å²) in [5.74, 6) is 0.747. The molecule has 0 saturated heterocycles. The van der Waals surface area contributed by atoms with E-state index in [0.717, 1.165) is 22.9 Å². The van der Waals surface area contributed by atoms with E-state index in [1.807, 2.05) is 54.6 Å². The van der Waals surface area contributed by atoms with Crippen molar-refractivity contribution < 1.29 is 18.1 Å². The van der Waals surface area contributed by atoms with E-state index in [-0.39, 0.29) is 16.3 Å². The van der Waals surface area contributed by atoms with E-state index in [9.17, 15) is 18.5 Å². The zero-order valence-electron chi connectivity index (χ0n) is 16.2. The summed E-state index contributed by atoms with van der Waals surface area (Å²) in [6.45, 7) is 0.663. The Morgan fingerprint density at radius 3 is 2.30 bits per heavy atom. The van der Waals surface area contributed by atoms with Gasteiger partial charge in [0.05, 0.1) is 9.82 Å². The van der Waals surface area contributed by atoms with Crippen molar-refractivity contribution in [2.24, 2.45) is 0 Å². The Morgan fingerprint density at radius 2 is 1.63 bits per heavy atom. The average Bonchev–Trinajstić information content (AvgIpc) is 2.77. The number of benzene rings is 3. The first-order valence-corrected chi connectivity index (χ1v) is 10.6. The minimum absolute atomic E-state index is 0.168. The van der Waals surface area contributed by atoms with Crippen LogP contribution in [0, 0.1) is 10.1 Å². The van der Waals surface area contributed by atoms with Crippen LogP contribution >= 0.6 is 0 Å². The molecule has 0 atom stereocenters. The molecule has 0 bridgehead atoms. The van der Waals surface area contributed by atoms with Crippen LogP contribution in [-0.4, -0.2) is 20.4 Å². The van der Waals surface area contributed by atoms with Gasteiger partial charge >= 0.3 is 0 Å². The van der Waals surface area contributed by atoms with Crippen LogP contribution in [0.4, 0.5) is 11.4 Å². The molecule has 0 fully saturated rings. The van der Waals surface area contributed by atoms with Crippen LogP contribution in [0.25, 0.3) is 0 Å². The van der Waals surface area contributed by atoms with E-state index in [0.29, 0.717) is 13.2 Å². The van der Waals surface area contributed by atoms with Crippen LogP contribution in [0.1, 0.15) is 11.1 Å². The van der Waals surface area contributed by atoms with Crippen molar-refractivity contribution in [3.8, 4) is 5.75 Å². The van der Waals surface area contributed by atoms with Gasteiger partial charge in [0.1, 0.15) is 18.0 Å². The minimum Gasteiger partial charge on any atom is -0.489 e. The predicted molar refractivity (Wildman–Crippen MR) is 114 cm³/mol. The van der Waals surface area contributed by atoms with Crippen LogP contribution in [-0.2, 0) is 23.2 Å². The van der Waals surface area contributed by atoms with Crippen molar-refractivity contribution in [1.29, 1.82) is 0 Å². The fourth-order valence-corrected chi connectivity index (χ4v) is 3.59. The molecule has 2 N–H and O–H groups in total. The van der Waals surface area contributed by atoms with Crippen LogP contribution in [0.2, 0.25) is 0 Å². The Balaban J connectivity index is 1.78. The second kappa shape index (κ2) is 9.38. The van der Waals surface area contributed by atoms with Gasteiger partial charge in [0.2, 0.25) is 10.0 Å². The second-order valence-corrected chi connectivity index (χ2v) is 8.25. The first kappa shape index (κ1) is 21.3. The third kappa shape index (κ3) is 5.13. The van der Waals surface area contributed by atoms with E-state index in [2.05, 4.69) is 10.0 Å². The van der Waals surface area contributed by atoms with E-state index in [1.54, 1.807) is 0 Å². The largest absolute Gasteiger partial charge is 0.489 e. The molecule has 156 valence electrons. The summed E-state index contributed by atoms with van der Waals surface area (Å²) in [6.07, 6.45) is 0. The summed E-state index contributed by atoms with van der Waals surface area (Å²) in [5, 5.41) is 14.5. The lowest BCUT2D eigenvalue weighted by Crippen LogP contribution is -2.18. The van der Waals surface area contributed by atoms with E-state index >= 15 is 0 Å². The van der Waals surface area contributed by atoms with Crippen LogP contribution in [0.3, 0.4) is 0 Å². The molecule has 0 aromatic heterocycles. The Morgan fingerprint density at radius 1 is 0.967 bits per heavy atom. The van der Waals surface area contributed by atoms with E-state index in [4.69, 9.17) is 4.74 Å². The molecule has 0 heterocycles. The maximum absolute atomic E-state index is 11.9. The molecule has 0 aliphatic heterocycles. The molecule has 3 aromatic carbocycles. The minimum atomic E-state index is -3.78. The summed E-state index contributed by atoms with van der Waals surface area (Å²) in [4.78, 5) is 10.7. The number of rotatable bonds is 9. The molecule has 30 heavy (non-hydrogen) atoms. The maximum atomic E-state index is 11.9. The fraction of sp³-hybridized carbons (Fsp3) is 0.143. The first-order valence-electron chi connectivity index (χ1n) is 9.11.